The lowest BCUT2D eigenvalue weighted by molar-refractivity contribution is -0.307. The summed E-state index contributed by atoms with van der Waals surface area (Å²) in [6, 6.07) is 2.84. The van der Waals surface area contributed by atoms with Crippen LogP contribution in [-0.4, -0.2) is 24.7 Å². The summed E-state index contributed by atoms with van der Waals surface area (Å²) in [4.78, 5) is 0. The van der Waals surface area contributed by atoms with Gasteiger partial charge in [0.25, 0.3) is 0 Å². The van der Waals surface area contributed by atoms with Crippen LogP contribution in [0.1, 0.15) is 30.9 Å². The third-order valence-corrected chi connectivity index (χ3v) is 3.51. The van der Waals surface area contributed by atoms with Crippen LogP contribution in [0.15, 0.2) is 12.1 Å². The maximum atomic E-state index is 13.4. The molecule has 0 saturated heterocycles. The van der Waals surface area contributed by atoms with E-state index in [-0.39, 0.29) is 11.7 Å². The molecule has 2 nitrogen and oxygen atoms in total. The molecule has 0 radical (unpaired) electrons. The molecular formula is C14H17ClF5NO. The molecule has 1 aromatic rings. The molecule has 0 aromatic heterocycles. The molecule has 0 heterocycles. The highest BCUT2D eigenvalue weighted by atomic mass is 35.5. The Morgan fingerprint density at radius 3 is 2.14 bits per heavy atom. The van der Waals surface area contributed by atoms with E-state index in [9.17, 15) is 22.0 Å². The third-order valence-electron chi connectivity index (χ3n) is 3.18. The zero-order valence-corrected chi connectivity index (χ0v) is 13.0. The van der Waals surface area contributed by atoms with E-state index in [0.29, 0.717) is 16.1 Å². The largest absolute Gasteiger partial charge is 0.482 e. The summed E-state index contributed by atoms with van der Waals surface area (Å²) in [7, 11) is 0. The number of hydrogen-bond acceptors (Lipinski definition) is 2. The summed E-state index contributed by atoms with van der Waals surface area (Å²) in [5, 5.41) is 0.395. The average molecular weight is 346 g/mol. The predicted molar refractivity (Wildman–Crippen MR) is 74.8 cm³/mol. The van der Waals surface area contributed by atoms with Crippen molar-refractivity contribution < 1.29 is 26.7 Å². The van der Waals surface area contributed by atoms with E-state index < -0.39 is 24.7 Å². The monoisotopic (exact) mass is 345 g/mol. The molecule has 1 rings (SSSR count). The van der Waals surface area contributed by atoms with Gasteiger partial charge in [0.05, 0.1) is 0 Å². The fraction of sp³-hybridized carbons (Fsp3) is 0.571. The van der Waals surface area contributed by atoms with Crippen LogP contribution in [0, 0.1) is 6.92 Å². The Kier molecular flexibility index (Phi) is 5.67. The summed E-state index contributed by atoms with van der Waals surface area (Å²) in [5.41, 5.74) is 5.99. The molecule has 0 spiro atoms. The number of aryl methyl sites for hydroxylation is 1. The molecule has 0 aliphatic carbocycles. The number of benzene rings is 1. The molecule has 0 saturated carbocycles. The van der Waals surface area contributed by atoms with Crippen LogP contribution < -0.4 is 10.5 Å². The lowest BCUT2D eigenvalue weighted by Crippen LogP contribution is -2.53. The second kappa shape index (κ2) is 6.58. The van der Waals surface area contributed by atoms with Gasteiger partial charge in [0, 0.05) is 11.6 Å². The fourth-order valence-electron chi connectivity index (χ4n) is 1.84. The van der Waals surface area contributed by atoms with Crippen LogP contribution in [-0.2, 0) is 0 Å². The number of alkyl halides is 5. The zero-order chi connectivity index (χ0) is 17.3. The Balaban J connectivity index is 3.19. The first-order chi connectivity index (χ1) is 9.91. The SMILES string of the molecule is Cc1cc(Cl)c(C(C)C)cc1OC(CN)C(F)(F)C(F)(F)F. The summed E-state index contributed by atoms with van der Waals surface area (Å²) >= 11 is 6.02. The van der Waals surface area contributed by atoms with E-state index in [1.807, 2.05) is 13.8 Å². The first kappa shape index (κ1) is 19.0. The standard InChI is InChI=1S/C14H17ClF5NO/c1-7(2)9-5-11(8(3)4-10(9)15)22-12(6-21)13(16,17)14(18,19)20/h4-5,7,12H,6,21H2,1-3H3. The van der Waals surface area contributed by atoms with Crippen molar-refractivity contribution in [1.29, 1.82) is 0 Å². The maximum absolute atomic E-state index is 13.4. The van der Waals surface area contributed by atoms with Gasteiger partial charge in [-0.1, -0.05) is 25.4 Å². The normalized spacial score (nSPS) is 14.3. The first-order valence-corrected chi connectivity index (χ1v) is 6.90. The summed E-state index contributed by atoms with van der Waals surface area (Å²) in [5.74, 6) is -5.19. The van der Waals surface area contributed by atoms with Crippen LogP contribution in [0.25, 0.3) is 0 Å². The van der Waals surface area contributed by atoms with Crippen LogP contribution in [0.4, 0.5) is 22.0 Å². The van der Waals surface area contributed by atoms with Crippen LogP contribution in [0.2, 0.25) is 5.02 Å². The highest BCUT2D eigenvalue weighted by Gasteiger charge is 2.63. The van der Waals surface area contributed by atoms with Crippen molar-refractivity contribution >= 4 is 11.6 Å². The van der Waals surface area contributed by atoms with Gasteiger partial charge in [-0.3, -0.25) is 0 Å². The van der Waals surface area contributed by atoms with Crippen molar-refractivity contribution in [3.8, 4) is 5.75 Å². The number of ether oxygens (including phenoxy) is 1. The highest BCUT2D eigenvalue weighted by Crippen LogP contribution is 2.40. The van der Waals surface area contributed by atoms with E-state index in [1.165, 1.54) is 19.1 Å². The molecule has 0 fully saturated rings. The minimum Gasteiger partial charge on any atom is -0.482 e. The molecule has 0 amide bonds. The fourth-order valence-corrected chi connectivity index (χ4v) is 2.28. The highest BCUT2D eigenvalue weighted by molar-refractivity contribution is 6.31. The van der Waals surface area contributed by atoms with Crippen molar-refractivity contribution in [3.63, 3.8) is 0 Å². The second-order valence-corrected chi connectivity index (χ2v) is 5.66. The molecule has 0 aliphatic rings. The van der Waals surface area contributed by atoms with E-state index >= 15 is 0 Å². The lowest BCUT2D eigenvalue weighted by atomic mass is 10.0. The van der Waals surface area contributed by atoms with Gasteiger partial charge < -0.3 is 10.5 Å². The maximum Gasteiger partial charge on any atom is 0.457 e. The number of nitrogens with two attached hydrogens (primary N) is 1. The third kappa shape index (κ3) is 3.81. The summed E-state index contributed by atoms with van der Waals surface area (Å²) in [6.45, 7) is 4.15. The van der Waals surface area contributed by atoms with Crippen molar-refractivity contribution in [2.75, 3.05) is 6.54 Å². The van der Waals surface area contributed by atoms with E-state index in [0.717, 1.165) is 0 Å². The Hall–Kier alpha value is -1.08. The van der Waals surface area contributed by atoms with Gasteiger partial charge in [-0.25, -0.2) is 0 Å². The van der Waals surface area contributed by atoms with Crippen molar-refractivity contribution in [2.24, 2.45) is 5.73 Å². The van der Waals surface area contributed by atoms with Gasteiger partial charge in [-0.2, -0.15) is 22.0 Å². The van der Waals surface area contributed by atoms with Crippen LogP contribution in [0.3, 0.4) is 0 Å². The van der Waals surface area contributed by atoms with E-state index in [2.05, 4.69) is 0 Å². The molecule has 0 bridgehead atoms. The van der Waals surface area contributed by atoms with Gasteiger partial charge >= 0.3 is 12.1 Å². The molecule has 1 unspecified atom stereocenters. The Labute approximate surface area is 130 Å². The topological polar surface area (TPSA) is 35.2 Å². The van der Waals surface area contributed by atoms with Crippen molar-refractivity contribution in [3.05, 3.63) is 28.3 Å². The number of halogens is 6. The smallest absolute Gasteiger partial charge is 0.457 e. The quantitative estimate of drug-likeness (QED) is 0.787. The molecule has 0 aliphatic heterocycles. The van der Waals surface area contributed by atoms with Gasteiger partial charge in [0.2, 0.25) is 0 Å². The molecule has 2 N–H and O–H groups in total. The minimum atomic E-state index is -5.74. The van der Waals surface area contributed by atoms with Gasteiger partial charge in [0.15, 0.2) is 6.10 Å². The lowest BCUT2D eigenvalue weighted by Gasteiger charge is -2.29. The molecule has 22 heavy (non-hydrogen) atoms. The summed E-state index contributed by atoms with van der Waals surface area (Å²) in [6.07, 6.45) is -8.24. The Bertz CT molecular complexity index is 531. The van der Waals surface area contributed by atoms with Crippen molar-refractivity contribution in [1.82, 2.24) is 0 Å². The van der Waals surface area contributed by atoms with Crippen molar-refractivity contribution in [2.45, 2.75) is 44.9 Å². The number of hydrogen-bond donors (Lipinski definition) is 1. The van der Waals surface area contributed by atoms with E-state index in [4.69, 9.17) is 22.1 Å². The first-order valence-electron chi connectivity index (χ1n) is 6.53. The minimum absolute atomic E-state index is 0.0464. The average Bonchev–Trinajstić information content (AvgIpc) is 2.35. The second-order valence-electron chi connectivity index (χ2n) is 5.26. The van der Waals surface area contributed by atoms with Crippen LogP contribution >= 0.6 is 11.6 Å². The summed E-state index contributed by atoms with van der Waals surface area (Å²) < 4.78 is 69.0. The zero-order valence-electron chi connectivity index (χ0n) is 12.3. The molecule has 1 atom stereocenters. The molecule has 8 heteroatoms. The molecule has 126 valence electrons. The van der Waals surface area contributed by atoms with Gasteiger partial charge in [0.1, 0.15) is 5.75 Å². The number of rotatable bonds is 5. The van der Waals surface area contributed by atoms with E-state index in [1.54, 1.807) is 0 Å². The predicted octanol–water partition coefficient (Wildman–Crippen LogP) is 4.68. The van der Waals surface area contributed by atoms with Gasteiger partial charge in [-0.05, 0) is 36.1 Å². The Morgan fingerprint density at radius 1 is 1.18 bits per heavy atom. The molecule has 1 aromatic carbocycles. The molecular weight excluding hydrogens is 329 g/mol. The Morgan fingerprint density at radius 2 is 1.73 bits per heavy atom. The van der Waals surface area contributed by atoms with Crippen LogP contribution in [0.5, 0.6) is 5.75 Å². The van der Waals surface area contributed by atoms with Gasteiger partial charge in [-0.15, -0.1) is 0 Å².